The third-order valence-electron chi connectivity index (χ3n) is 3.51. The fourth-order valence-electron chi connectivity index (χ4n) is 2.22. The molecule has 0 heterocycles. The molecule has 0 aromatic heterocycles. The van der Waals surface area contributed by atoms with Crippen LogP contribution < -0.4 is 10.6 Å². The highest BCUT2D eigenvalue weighted by Gasteiger charge is 2.22. The van der Waals surface area contributed by atoms with E-state index in [4.69, 9.17) is 0 Å². The van der Waals surface area contributed by atoms with E-state index in [-0.39, 0.29) is 17.4 Å². The summed E-state index contributed by atoms with van der Waals surface area (Å²) in [5, 5.41) is 14.5. The summed E-state index contributed by atoms with van der Waals surface area (Å²) < 4.78 is 0. The largest absolute Gasteiger partial charge is 0.480 e. The van der Waals surface area contributed by atoms with Crippen molar-refractivity contribution in [3.05, 3.63) is 35.4 Å². The van der Waals surface area contributed by atoms with Crippen molar-refractivity contribution < 1.29 is 19.5 Å². The average molecular weight is 334 g/mol. The van der Waals surface area contributed by atoms with Crippen molar-refractivity contribution in [1.82, 2.24) is 10.6 Å². The summed E-state index contributed by atoms with van der Waals surface area (Å²) in [6.45, 7) is 6.40. The topological polar surface area (TPSA) is 95.5 Å². The number of carboxylic acid groups (broad SMARTS) is 1. The van der Waals surface area contributed by atoms with E-state index in [0.717, 1.165) is 12.8 Å². The van der Waals surface area contributed by atoms with Crippen molar-refractivity contribution in [2.24, 2.45) is 5.92 Å². The second kappa shape index (κ2) is 9.70. The Morgan fingerprint density at radius 3 is 2.29 bits per heavy atom. The Morgan fingerprint density at radius 2 is 1.75 bits per heavy atom. The molecule has 1 aromatic carbocycles. The van der Waals surface area contributed by atoms with Crippen LogP contribution in [0.15, 0.2) is 24.3 Å². The molecule has 0 aliphatic rings. The van der Waals surface area contributed by atoms with Crippen LogP contribution >= 0.6 is 0 Å². The van der Waals surface area contributed by atoms with Crippen LogP contribution in [0.2, 0.25) is 0 Å². The van der Waals surface area contributed by atoms with E-state index in [9.17, 15) is 19.5 Å². The van der Waals surface area contributed by atoms with Gasteiger partial charge in [-0.2, -0.15) is 0 Å². The van der Waals surface area contributed by atoms with Crippen LogP contribution in [0.3, 0.4) is 0 Å². The van der Waals surface area contributed by atoms with Crippen LogP contribution in [0, 0.1) is 5.92 Å². The summed E-state index contributed by atoms with van der Waals surface area (Å²) in [6, 6.07) is 5.33. The number of amides is 2. The van der Waals surface area contributed by atoms with Gasteiger partial charge in [-0.3, -0.25) is 9.59 Å². The zero-order valence-electron chi connectivity index (χ0n) is 14.5. The van der Waals surface area contributed by atoms with Gasteiger partial charge >= 0.3 is 5.97 Å². The van der Waals surface area contributed by atoms with Gasteiger partial charge in [-0.25, -0.2) is 4.79 Å². The lowest BCUT2D eigenvalue weighted by atomic mass is 10.0. The molecule has 1 aromatic rings. The molecule has 0 aliphatic heterocycles. The summed E-state index contributed by atoms with van der Waals surface area (Å²) in [6.07, 6.45) is 2.22. The Balaban J connectivity index is 2.78. The summed E-state index contributed by atoms with van der Waals surface area (Å²) in [7, 11) is 0. The Hall–Kier alpha value is -2.37. The number of unbranched alkanes of at least 4 members (excludes halogenated alkanes) is 1. The van der Waals surface area contributed by atoms with E-state index in [1.807, 2.05) is 20.8 Å². The van der Waals surface area contributed by atoms with Crippen LogP contribution in [-0.2, 0) is 4.79 Å². The summed E-state index contributed by atoms with van der Waals surface area (Å²) in [4.78, 5) is 35.5. The quantitative estimate of drug-likeness (QED) is 0.604. The molecular weight excluding hydrogens is 308 g/mol. The number of carbonyl (C=O) groups is 3. The molecule has 6 heteroatoms. The first-order valence-corrected chi connectivity index (χ1v) is 8.27. The second-order valence-electron chi connectivity index (χ2n) is 6.18. The number of carboxylic acids is 1. The van der Waals surface area contributed by atoms with E-state index in [1.54, 1.807) is 18.2 Å². The lowest BCUT2D eigenvalue weighted by Gasteiger charge is -2.16. The molecule has 6 nitrogen and oxygen atoms in total. The first-order chi connectivity index (χ1) is 11.3. The second-order valence-corrected chi connectivity index (χ2v) is 6.18. The fraction of sp³-hybridized carbons (Fsp3) is 0.500. The number of carbonyl (C=O) groups excluding carboxylic acids is 2. The van der Waals surface area contributed by atoms with E-state index >= 15 is 0 Å². The number of hydrogen-bond acceptors (Lipinski definition) is 3. The zero-order valence-corrected chi connectivity index (χ0v) is 14.5. The monoisotopic (exact) mass is 334 g/mol. The van der Waals surface area contributed by atoms with Crippen molar-refractivity contribution in [2.75, 3.05) is 6.54 Å². The van der Waals surface area contributed by atoms with Gasteiger partial charge in [0, 0.05) is 17.7 Å². The molecule has 0 saturated heterocycles. The predicted octanol–water partition coefficient (Wildman–Crippen LogP) is 2.45. The predicted molar refractivity (Wildman–Crippen MR) is 92.0 cm³/mol. The zero-order chi connectivity index (χ0) is 18.1. The minimum Gasteiger partial charge on any atom is -0.480 e. The van der Waals surface area contributed by atoms with E-state index in [1.165, 1.54) is 6.07 Å². The van der Waals surface area contributed by atoms with E-state index in [0.29, 0.717) is 18.5 Å². The average Bonchev–Trinajstić information content (AvgIpc) is 2.53. The lowest BCUT2D eigenvalue weighted by Crippen LogP contribution is -2.41. The maximum atomic E-state index is 12.3. The van der Waals surface area contributed by atoms with E-state index < -0.39 is 17.9 Å². The van der Waals surface area contributed by atoms with Gasteiger partial charge < -0.3 is 15.7 Å². The molecule has 0 saturated carbocycles. The van der Waals surface area contributed by atoms with Crippen molar-refractivity contribution in [1.29, 1.82) is 0 Å². The summed E-state index contributed by atoms with van der Waals surface area (Å²) in [5.74, 6) is -1.66. The number of hydrogen-bond donors (Lipinski definition) is 3. The Morgan fingerprint density at radius 1 is 1.12 bits per heavy atom. The molecule has 24 heavy (non-hydrogen) atoms. The van der Waals surface area contributed by atoms with Crippen molar-refractivity contribution in [3.63, 3.8) is 0 Å². The molecule has 1 rings (SSSR count). The summed E-state index contributed by atoms with van der Waals surface area (Å²) >= 11 is 0. The molecule has 0 aliphatic carbocycles. The standard InChI is InChI=1S/C18H26N2O4/c1-4-5-9-19-16(21)13-7-6-8-14(11-13)17(22)20-15(18(23)24)10-12(2)3/h6-8,11-12,15H,4-5,9-10H2,1-3H3,(H,19,21)(H,20,22)(H,23,24). The normalized spacial score (nSPS) is 11.8. The highest BCUT2D eigenvalue weighted by atomic mass is 16.4. The summed E-state index contributed by atoms with van der Waals surface area (Å²) in [5.41, 5.74) is 0.655. The highest BCUT2D eigenvalue weighted by molar-refractivity contribution is 6.00. The maximum Gasteiger partial charge on any atom is 0.326 e. The number of aliphatic carboxylic acids is 1. The fourth-order valence-corrected chi connectivity index (χ4v) is 2.22. The molecule has 0 spiro atoms. The SMILES string of the molecule is CCCCNC(=O)c1cccc(C(=O)NC(CC(C)C)C(=O)O)c1. The maximum absolute atomic E-state index is 12.3. The van der Waals surface area contributed by atoms with Crippen LogP contribution in [-0.4, -0.2) is 35.5 Å². The van der Waals surface area contributed by atoms with Crippen LogP contribution in [0.5, 0.6) is 0 Å². The van der Waals surface area contributed by atoms with Crippen LogP contribution in [0.1, 0.15) is 60.7 Å². The minimum absolute atomic E-state index is 0.141. The lowest BCUT2D eigenvalue weighted by molar-refractivity contribution is -0.139. The Bertz CT molecular complexity index is 584. The Kier molecular flexibility index (Phi) is 7.95. The van der Waals surface area contributed by atoms with Crippen molar-refractivity contribution in [3.8, 4) is 0 Å². The van der Waals surface area contributed by atoms with Gasteiger partial charge in [-0.1, -0.05) is 33.3 Å². The van der Waals surface area contributed by atoms with Gasteiger partial charge in [0.05, 0.1) is 0 Å². The number of nitrogens with one attached hydrogen (secondary N) is 2. The van der Waals surface area contributed by atoms with Gasteiger partial charge in [0.1, 0.15) is 6.04 Å². The molecule has 132 valence electrons. The highest BCUT2D eigenvalue weighted by Crippen LogP contribution is 2.09. The van der Waals surface area contributed by atoms with Gasteiger partial charge in [-0.05, 0) is 37.0 Å². The molecule has 0 bridgehead atoms. The third-order valence-corrected chi connectivity index (χ3v) is 3.51. The van der Waals surface area contributed by atoms with Gasteiger partial charge in [0.15, 0.2) is 0 Å². The number of benzene rings is 1. The van der Waals surface area contributed by atoms with Crippen molar-refractivity contribution in [2.45, 2.75) is 46.1 Å². The first-order valence-electron chi connectivity index (χ1n) is 8.27. The molecular formula is C18H26N2O4. The van der Waals surface area contributed by atoms with Gasteiger partial charge in [0.25, 0.3) is 11.8 Å². The smallest absolute Gasteiger partial charge is 0.326 e. The molecule has 2 amide bonds. The van der Waals surface area contributed by atoms with Gasteiger partial charge in [-0.15, -0.1) is 0 Å². The molecule has 3 N–H and O–H groups in total. The molecule has 1 unspecified atom stereocenters. The Labute approximate surface area is 142 Å². The number of rotatable bonds is 9. The molecule has 0 fully saturated rings. The van der Waals surface area contributed by atoms with Crippen LogP contribution in [0.25, 0.3) is 0 Å². The minimum atomic E-state index is -1.06. The first kappa shape index (κ1) is 19.7. The van der Waals surface area contributed by atoms with E-state index in [2.05, 4.69) is 10.6 Å². The third kappa shape index (κ3) is 6.40. The molecule has 0 radical (unpaired) electrons. The van der Waals surface area contributed by atoms with Crippen LogP contribution in [0.4, 0.5) is 0 Å². The van der Waals surface area contributed by atoms with Gasteiger partial charge in [0.2, 0.25) is 0 Å². The molecule has 1 atom stereocenters. The van der Waals surface area contributed by atoms with Crippen molar-refractivity contribution >= 4 is 17.8 Å².